The third-order valence-electron chi connectivity index (χ3n) is 4.49. The lowest BCUT2D eigenvalue weighted by Gasteiger charge is -2.14. The van der Waals surface area contributed by atoms with E-state index in [1.807, 2.05) is 6.92 Å². The summed E-state index contributed by atoms with van der Waals surface area (Å²) in [6.07, 6.45) is 3.12. The zero-order valence-corrected chi connectivity index (χ0v) is 18.2. The first kappa shape index (κ1) is 25.1. The Morgan fingerprint density at radius 3 is 2.48 bits per heavy atom. The van der Waals surface area contributed by atoms with Crippen molar-refractivity contribution in [2.24, 2.45) is 0 Å². The molecule has 1 atom stereocenters. The summed E-state index contributed by atoms with van der Waals surface area (Å²) < 4.78 is 5.56. The second-order valence-electron chi connectivity index (χ2n) is 7.12. The number of unbranched alkanes of at least 4 members (excludes halogenated alkanes) is 1. The first-order chi connectivity index (χ1) is 15.7. The van der Waals surface area contributed by atoms with E-state index < -0.39 is 28.7 Å². The van der Waals surface area contributed by atoms with Crippen LogP contribution in [0.15, 0.2) is 54.2 Å². The van der Waals surface area contributed by atoms with Gasteiger partial charge in [-0.15, -0.1) is 0 Å². The number of carboxylic acid groups (broad SMARTS) is 1. The van der Waals surface area contributed by atoms with Crippen LogP contribution in [0.2, 0.25) is 0 Å². The molecule has 0 saturated heterocycles. The second kappa shape index (κ2) is 12.0. The minimum absolute atomic E-state index is 0.201. The van der Waals surface area contributed by atoms with Crippen LogP contribution in [0.4, 0.5) is 5.69 Å². The minimum atomic E-state index is -1.26. The highest BCUT2D eigenvalue weighted by Crippen LogP contribution is 2.17. The number of amides is 2. The molecule has 33 heavy (non-hydrogen) atoms. The summed E-state index contributed by atoms with van der Waals surface area (Å²) >= 11 is 0. The Labute approximate surface area is 190 Å². The number of hydrogen-bond acceptors (Lipinski definition) is 6. The van der Waals surface area contributed by atoms with Crippen molar-refractivity contribution in [1.29, 1.82) is 0 Å². The van der Waals surface area contributed by atoms with E-state index in [9.17, 15) is 24.5 Å². The van der Waals surface area contributed by atoms with E-state index in [2.05, 4.69) is 10.6 Å². The monoisotopic (exact) mass is 455 g/mol. The van der Waals surface area contributed by atoms with Crippen molar-refractivity contribution in [2.45, 2.75) is 32.7 Å². The zero-order valence-electron chi connectivity index (χ0n) is 18.2. The SMILES string of the molecule is CCCCOc1ccc(C(=O)N/C(=C/c2cccc([N+](=O)[O-])c2)C(=O)N[C@@H](C)C(=O)O)cc1. The Hall–Kier alpha value is -4.21. The maximum atomic E-state index is 12.7. The molecule has 0 aliphatic carbocycles. The van der Waals surface area contributed by atoms with E-state index in [0.29, 0.717) is 12.4 Å². The van der Waals surface area contributed by atoms with Crippen LogP contribution >= 0.6 is 0 Å². The van der Waals surface area contributed by atoms with E-state index in [1.54, 1.807) is 12.1 Å². The summed E-state index contributed by atoms with van der Waals surface area (Å²) in [5.41, 5.74) is 0.0448. The fraction of sp³-hybridized carbons (Fsp3) is 0.261. The van der Waals surface area contributed by atoms with Crippen LogP contribution in [0.1, 0.15) is 42.6 Å². The quantitative estimate of drug-likeness (QED) is 0.204. The van der Waals surface area contributed by atoms with Gasteiger partial charge in [0.25, 0.3) is 17.5 Å². The van der Waals surface area contributed by atoms with Crippen molar-refractivity contribution < 1.29 is 29.2 Å². The van der Waals surface area contributed by atoms with Crippen LogP contribution < -0.4 is 15.4 Å². The van der Waals surface area contributed by atoms with Crippen LogP contribution in [0.25, 0.3) is 6.08 Å². The topological polar surface area (TPSA) is 148 Å². The first-order valence-electron chi connectivity index (χ1n) is 10.2. The molecule has 0 radical (unpaired) electrons. The van der Waals surface area contributed by atoms with Gasteiger partial charge in [-0.05, 0) is 49.2 Å². The average Bonchev–Trinajstić information content (AvgIpc) is 2.79. The number of hydrogen-bond donors (Lipinski definition) is 3. The molecular formula is C23H25N3O7. The van der Waals surface area contributed by atoms with Crippen LogP contribution in [-0.4, -0.2) is 40.5 Å². The molecule has 0 saturated carbocycles. The highest BCUT2D eigenvalue weighted by atomic mass is 16.6. The number of aliphatic carboxylic acids is 1. The van der Waals surface area contributed by atoms with Crippen LogP contribution in [0, 0.1) is 10.1 Å². The fourth-order valence-electron chi connectivity index (χ4n) is 2.62. The maximum absolute atomic E-state index is 12.7. The number of carbonyl (C=O) groups is 3. The summed E-state index contributed by atoms with van der Waals surface area (Å²) in [7, 11) is 0. The van der Waals surface area contributed by atoms with Gasteiger partial charge in [0.15, 0.2) is 0 Å². The molecule has 0 aliphatic heterocycles. The summed E-state index contributed by atoms with van der Waals surface area (Å²) in [6, 6.07) is 10.5. The molecule has 0 aromatic heterocycles. The van der Waals surface area contributed by atoms with E-state index in [-0.39, 0.29) is 22.5 Å². The molecule has 2 aromatic rings. The molecule has 0 heterocycles. The van der Waals surface area contributed by atoms with Gasteiger partial charge in [-0.2, -0.15) is 0 Å². The average molecular weight is 455 g/mol. The van der Waals surface area contributed by atoms with Crippen molar-refractivity contribution in [1.82, 2.24) is 10.6 Å². The molecule has 2 amide bonds. The Kier molecular flexibility index (Phi) is 9.10. The highest BCUT2D eigenvalue weighted by molar-refractivity contribution is 6.06. The summed E-state index contributed by atoms with van der Waals surface area (Å²) in [4.78, 5) is 46.9. The molecular weight excluding hydrogens is 430 g/mol. The van der Waals surface area contributed by atoms with Crippen molar-refractivity contribution >= 4 is 29.5 Å². The second-order valence-corrected chi connectivity index (χ2v) is 7.12. The van der Waals surface area contributed by atoms with Gasteiger partial charge in [-0.3, -0.25) is 24.5 Å². The number of rotatable bonds is 11. The van der Waals surface area contributed by atoms with Crippen LogP contribution in [-0.2, 0) is 9.59 Å². The molecule has 10 heteroatoms. The van der Waals surface area contributed by atoms with E-state index in [4.69, 9.17) is 9.84 Å². The van der Waals surface area contributed by atoms with Gasteiger partial charge in [0, 0.05) is 17.7 Å². The minimum Gasteiger partial charge on any atom is -0.494 e. The Morgan fingerprint density at radius 1 is 1.18 bits per heavy atom. The number of nitrogens with zero attached hydrogens (tertiary/aromatic N) is 1. The number of carbonyl (C=O) groups excluding carboxylic acids is 2. The molecule has 174 valence electrons. The lowest BCUT2D eigenvalue weighted by molar-refractivity contribution is -0.384. The van der Waals surface area contributed by atoms with Crippen LogP contribution in [0.5, 0.6) is 5.75 Å². The number of benzene rings is 2. The van der Waals surface area contributed by atoms with Gasteiger partial charge in [0.1, 0.15) is 17.5 Å². The van der Waals surface area contributed by atoms with Gasteiger partial charge >= 0.3 is 5.97 Å². The number of nitro benzene ring substituents is 1. The molecule has 10 nitrogen and oxygen atoms in total. The van der Waals surface area contributed by atoms with E-state index in [0.717, 1.165) is 12.8 Å². The number of carboxylic acids is 1. The first-order valence-corrected chi connectivity index (χ1v) is 10.2. The molecule has 0 bridgehead atoms. The van der Waals surface area contributed by atoms with Crippen molar-refractivity contribution in [3.05, 3.63) is 75.5 Å². The number of nitro groups is 1. The molecule has 0 aliphatic rings. The Morgan fingerprint density at radius 2 is 1.88 bits per heavy atom. The number of non-ortho nitro benzene ring substituents is 1. The van der Waals surface area contributed by atoms with E-state index in [1.165, 1.54) is 49.4 Å². The zero-order chi connectivity index (χ0) is 24.4. The summed E-state index contributed by atoms with van der Waals surface area (Å²) in [5.74, 6) is -2.14. The molecule has 0 spiro atoms. The molecule has 3 N–H and O–H groups in total. The summed E-state index contributed by atoms with van der Waals surface area (Å²) in [6.45, 7) is 3.87. The van der Waals surface area contributed by atoms with Gasteiger partial charge in [-0.1, -0.05) is 25.5 Å². The normalized spacial score (nSPS) is 11.9. The third kappa shape index (κ3) is 7.76. The van der Waals surface area contributed by atoms with Crippen molar-refractivity contribution in [2.75, 3.05) is 6.61 Å². The van der Waals surface area contributed by atoms with Crippen LogP contribution in [0.3, 0.4) is 0 Å². The summed E-state index contributed by atoms with van der Waals surface area (Å²) in [5, 5.41) is 24.8. The smallest absolute Gasteiger partial charge is 0.325 e. The molecule has 0 unspecified atom stereocenters. The van der Waals surface area contributed by atoms with Crippen molar-refractivity contribution in [3.63, 3.8) is 0 Å². The highest BCUT2D eigenvalue weighted by Gasteiger charge is 2.20. The lowest BCUT2D eigenvalue weighted by atomic mass is 10.1. The largest absolute Gasteiger partial charge is 0.494 e. The lowest BCUT2D eigenvalue weighted by Crippen LogP contribution is -2.42. The van der Waals surface area contributed by atoms with Gasteiger partial charge in [0.2, 0.25) is 0 Å². The molecule has 2 aromatic carbocycles. The molecule has 0 fully saturated rings. The Bertz CT molecular complexity index is 1050. The standard InChI is InChI=1S/C23H25N3O7/c1-3-4-12-33-19-10-8-17(9-11-19)21(27)25-20(22(28)24-15(2)23(29)30)14-16-6-5-7-18(13-16)26(31)32/h5-11,13-15H,3-4,12H2,1-2H3,(H,24,28)(H,25,27)(H,29,30)/b20-14+/t15-/m0/s1. The fourth-order valence-corrected chi connectivity index (χ4v) is 2.62. The van der Waals surface area contributed by atoms with E-state index >= 15 is 0 Å². The van der Waals surface area contributed by atoms with Gasteiger partial charge < -0.3 is 20.5 Å². The van der Waals surface area contributed by atoms with Gasteiger partial charge in [0.05, 0.1) is 11.5 Å². The van der Waals surface area contributed by atoms with Gasteiger partial charge in [-0.25, -0.2) is 0 Å². The molecule has 2 rings (SSSR count). The predicted octanol–water partition coefficient (Wildman–Crippen LogP) is 3.13. The predicted molar refractivity (Wildman–Crippen MR) is 121 cm³/mol. The number of ether oxygens (including phenoxy) is 1. The third-order valence-corrected chi connectivity index (χ3v) is 4.49. The van der Waals surface area contributed by atoms with Crippen molar-refractivity contribution in [3.8, 4) is 5.75 Å². The Balaban J connectivity index is 2.27. The number of nitrogens with one attached hydrogen (secondary N) is 2. The maximum Gasteiger partial charge on any atom is 0.325 e.